The first-order chi connectivity index (χ1) is 14.8. The van der Waals surface area contributed by atoms with E-state index in [1.165, 1.54) is 47.0 Å². The Morgan fingerprint density at radius 3 is 2.70 bits per heavy atom. The van der Waals surface area contributed by atoms with Crippen LogP contribution >= 0.6 is 0 Å². The van der Waals surface area contributed by atoms with Crippen LogP contribution in [0.25, 0.3) is 10.9 Å². The molecule has 156 valence electrons. The number of ether oxygens (including phenoxy) is 2. The molecule has 0 radical (unpaired) electrons. The quantitative estimate of drug-likeness (QED) is 0.691. The van der Waals surface area contributed by atoms with Gasteiger partial charge in [0.2, 0.25) is 0 Å². The van der Waals surface area contributed by atoms with E-state index in [0.29, 0.717) is 12.1 Å². The fourth-order valence-corrected chi connectivity index (χ4v) is 6.26. The molecule has 3 aliphatic rings. The normalized spacial score (nSPS) is 26.3. The summed E-state index contributed by atoms with van der Waals surface area (Å²) in [7, 11) is 3.48. The Morgan fingerprint density at radius 2 is 1.83 bits per heavy atom. The molecular formula is C25H29N3O2. The Bertz CT molecular complexity index is 1090. The first-order valence-electron chi connectivity index (χ1n) is 11.1. The van der Waals surface area contributed by atoms with Gasteiger partial charge in [0.15, 0.2) is 11.5 Å². The van der Waals surface area contributed by atoms with Gasteiger partial charge < -0.3 is 14.5 Å². The van der Waals surface area contributed by atoms with Gasteiger partial charge in [0.1, 0.15) is 0 Å². The minimum atomic E-state index is 0.227. The molecule has 5 nitrogen and oxygen atoms in total. The number of fused-ring (bicyclic) bond motifs is 7. The Balaban J connectivity index is 1.51. The first kappa shape index (κ1) is 18.3. The van der Waals surface area contributed by atoms with Crippen LogP contribution in [0.2, 0.25) is 0 Å². The molecule has 3 atom stereocenters. The van der Waals surface area contributed by atoms with Crippen LogP contribution in [0.5, 0.6) is 11.5 Å². The maximum Gasteiger partial charge on any atom is 0.166 e. The topological polar surface area (TPSA) is 40.7 Å². The Morgan fingerprint density at radius 1 is 0.933 bits per heavy atom. The lowest BCUT2D eigenvalue weighted by atomic mass is 9.90. The molecule has 0 saturated carbocycles. The van der Waals surface area contributed by atoms with Crippen molar-refractivity contribution in [1.29, 1.82) is 0 Å². The van der Waals surface area contributed by atoms with Crippen molar-refractivity contribution in [3.8, 4) is 11.5 Å². The SMILES string of the molecule is COc1cccc(C2N3CCCCC3[C@@H]3c4[nH]c5ccccc5c4CCN23)c1OC. The Kier molecular flexibility index (Phi) is 4.29. The van der Waals surface area contributed by atoms with E-state index in [2.05, 4.69) is 51.2 Å². The van der Waals surface area contributed by atoms with Crippen LogP contribution < -0.4 is 9.47 Å². The number of nitrogens with zero attached hydrogens (tertiary/aromatic N) is 2. The lowest BCUT2D eigenvalue weighted by molar-refractivity contribution is 0.0950. The summed E-state index contributed by atoms with van der Waals surface area (Å²) in [5, 5.41) is 1.40. The first-order valence-corrected chi connectivity index (χ1v) is 11.1. The minimum absolute atomic E-state index is 0.227. The molecular weight excluding hydrogens is 374 g/mol. The van der Waals surface area contributed by atoms with Gasteiger partial charge in [-0.2, -0.15) is 0 Å². The fraction of sp³-hybridized carbons (Fsp3) is 0.440. The van der Waals surface area contributed by atoms with E-state index in [1.807, 2.05) is 6.07 Å². The van der Waals surface area contributed by atoms with Gasteiger partial charge in [0.05, 0.1) is 26.4 Å². The molecule has 0 aliphatic carbocycles. The molecule has 2 saturated heterocycles. The second-order valence-electron chi connectivity index (χ2n) is 8.75. The zero-order valence-electron chi connectivity index (χ0n) is 17.7. The second-order valence-corrected chi connectivity index (χ2v) is 8.75. The Hall–Kier alpha value is -2.50. The van der Waals surface area contributed by atoms with Crippen molar-refractivity contribution >= 4 is 10.9 Å². The number of aromatic nitrogens is 1. The average Bonchev–Trinajstić information content (AvgIpc) is 3.34. The van der Waals surface area contributed by atoms with Crippen LogP contribution in [0, 0.1) is 0 Å². The highest BCUT2D eigenvalue weighted by molar-refractivity contribution is 5.85. The van der Waals surface area contributed by atoms with Crippen LogP contribution in [-0.4, -0.2) is 48.1 Å². The third-order valence-electron chi connectivity index (χ3n) is 7.42. The van der Waals surface area contributed by atoms with E-state index in [1.54, 1.807) is 14.2 Å². The predicted molar refractivity (Wildman–Crippen MR) is 118 cm³/mol. The summed E-state index contributed by atoms with van der Waals surface area (Å²) >= 11 is 0. The van der Waals surface area contributed by atoms with Gasteiger partial charge in [-0.15, -0.1) is 0 Å². The monoisotopic (exact) mass is 403 g/mol. The van der Waals surface area contributed by atoms with Gasteiger partial charge in [-0.1, -0.05) is 36.8 Å². The summed E-state index contributed by atoms with van der Waals surface area (Å²) in [6.07, 6.45) is 5.13. The zero-order valence-corrected chi connectivity index (χ0v) is 17.7. The van der Waals surface area contributed by atoms with Crippen LogP contribution in [0.4, 0.5) is 0 Å². The van der Waals surface area contributed by atoms with E-state index in [9.17, 15) is 0 Å². The lowest BCUT2D eigenvalue weighted by Gasteiger charge is -2.35. The third kappa shape index (κ3) is 2.48. The maximum atomic E-state index is 5.87. The molecule has 5 heteroatoms. The number of nitrogens with one attached hydrogen (secondary N) is 1. The number of rotatable bonds is 3. The van der Waals surface area contributed by atoms with Gasteiger partial charge in [0.25, 0.3) is 0 Å². The summed E-state index contributed by atoms with van der Waals surface area (Å²) in [6, 6.07) is 16.0. The van der Waals surface area contributed by atoms with E-state index in [0.717, 1.165) is 31.0 Å². The molecule has 1 aromatic heterocycles. The smallest absolute Gasteiger partial charge is 0.166 e. The molecule has 30 heavy (non-hydrogen) atoms. The van der Waals surface area contributed by atoms with Gasteiger partial charge in [-0.25, -0.2) is 0 Å². The van der Waals surface area contributed by atoms with Crippen molar-refractivity contribution in [3.63, 3.8) is 0 Å². The van der Waals surface area contributed by atoms with E-state index >= 15 is 0 Å². The second kappa shape index (κ2) is 7.03. The number of hydrogen-bond acceptors (Lipinski definition) is 4. The highest BCUT2D eigenvalue weighted by Gasteiger charge is 2.52. The highest BCUT2D eigenvalue weighted by atomic mass is 16.5. The van der Waals surface area contributed by atoms with Crippen molar-refractivity contribution < 1.29 is 9.47 Å². The standard InChI is InChI=1S/C25H29N3O2/c1-29-21-12-7-9-18(24(21)30-2)25-27-14-6-5-11-20(27)23-22-17(13-15-28(23)25)16-8-3-4-10-19(16)26-22/h3-4,7-10,12,20,23,25-26H,5-6,11,13-15H2,1-2H3/t20?,23-,25?/m1/s1. The number of benzene rings is 2. The average molecular weight is 404 g/mol. The molecule has 1 N–H and O–H groups in total. The molecule has 0 bridgehead atoms. The molecule has 4 heterocycles. The van der Waals surface area contributed by atoms with Gasteiger partial charge >= 0.3 is 0 Å². The van der Waals surface area contributed by atoms with E-state index < -0.39 is 0 Å². The summed E-state index contributed by atoms with van der Waals surface area (Å²) < 4.78 is 11.5. The minimum Gasteiger partial charge on any atom is -0.493 e. The van der Waals surface area contributed by atoms with Crippen molar-refractivity contribution in [2.24, 2.45) is 0 Å². The lowest BCUT2D eigenvalue weighted by Crippen LogP contribution is -2.38. The molecule has 0 amide bonds. The number of H-pyrrole nitrogens is 1. The molecule has 3 aliphatic heterocycles. The van der Waals surface area contributed by atoms with Crippen LogP contribution in [0.1, 0.15) is 48.3 Å². The molecule has 2 fully saturated rings. The zero-order chi connectivity index (χ0) is 20.2. The molecule has 2 unspecified atom stereocenters. The highest BCUT2D eigenvalue weighted by Crippen LogP contribution is 2.53. The van der Waals surface area contributed by atoms with E-state index in [-0.39, 0.29) is 6.17 Å². The van der Waals surface area contributed by atoms with E-state index in [4.69, 9.17) is 9.47 Å². The van der Waals surface area contributed by atoms with Crippen molar-refractivity contribution in [1.82, 2.24) is 14.8 Å². The number of hydrogen-bond donors (Lipinski definition) is 1. The van der Waals surface area contributed by atoms with Crippen LogP contribution in [0.3, 0.4) is 0 Å². The van der Waals surface area contributed by atoms with Crippen molar-refractivity contribution in [3.05, 3.63) is 59.3 Å². The summed E-state index contributed by atoms with van der Waals surface area (Å²) in [5.41, 5.74) is 5.46. The predicted octanol–water partition coefficient (Wildman–Crippen LogP) is 4.65. The van der Waals surface area contributed by atoms with Gasteiger partial charge in [-0.05, 0) is 37.0 Å². The number of piperidine rings is 1. The molecule has 6 rings (SSSR count). The summed E-state index contributed by atoms with van der Waals surface area (Å²) in [4.78, 5) is 9.26. The maximum absolute atomic E-state index is 5.87. The molecule has 0 spiro atoms. The van der Waals surface area contributed by atoms with Gasteiger partial charge in [0, 0.05) is 41.3 Å². The number of para-hydroxylation sites is 2. The van der Waals surface area contributed by atoms with Gasteiger partial charge in [-0.3, -0.25) is 9.80 Å². The molecule has 3 aromatic rings. The summed E-state index contributed by atoms with van der Waals surface area (Å²) in [5.74, 6) is 1.69. The molecule has 2 aromatic carbocycles. The van der Waals surface area contributed by atoms with Crippen molar-refractivity contribution in [2.45, 2.75) is 43.9 Å². The fourth-order valence-electron chi connectivity index (χ4n) is 6.26. The largest absolute Gasteiger partial charge is 0.493 e. The number of aromatic amines is 1. The van der Waals surface area contributed by atoms with Crippen molar-refractivity contribution in [2.75, 3.05) is 27.3 Å². The Labute approximate surface area is 177 Å². The number of methoxy groups -OCH3 is 2. The summed E-state index contributed by atoms with van der Waals surface area (Å²) in [6.45, 7) is 2.20. The third-order valence-corrected chi connectivity index (χ3v) is 7.42. The van der Waals surface area contributed by atoms with Crippen LogP contribution in [-0.2, 0) is 6.42 Å². The van der Waals surface area contributed by atoms with Crippen LogP contribution in [0.15, 0.2) is 42.5 Å².